The van der Waals surface area contributed by atoms with Crippen LogP contribution in [-0.2, 0) is 4.79 Å². The van der Waals surface area contributed by atoms with E-state index in [0.29, 0.717) is 21.8 Å². The van der Waals surface area contributed by atoms with Crippen molar-refractivity contribution < 1.29 is 14.4 Å². The molecule has 0 atom stereocenters. The van der Waals surface area contributed by atoms with E-state index >= 15 is 0 Å². The molecule has 1 aliphatic heterocycles. The van der Waals surface area contributed by atoms with Crippen molar-refractivity contribution in [3.63, 3.8) is 0 Å². The van der Waals surface area contributed by atoms with E-state index in [1.54, 1.807) is 54.6 Å². The van der Waals surface area contributed by atoms with Crippen molar-refractivity contribution >= 4 is 39.8 Å². The maximum Gasteiger partial charge on any atom is 0.220 e. The van der Waals surface area contributed by atoms with Gasteiger partial charge in [-0.2, -0.15) is 5.10 Å². The fourth-order valence-corrected chi connectivity index (χ4v) is 4.34. The van der Waals surface area contributed by atoms with E-state index in [2.05, 4.69) is 5.10 Å². The van der Waals surface area contributed by atoms with Crippen molar-refractivity contribution in [1.82, 2.24) is 0 Å². The number of rotatable bonds is 6. The maximum absolute atomic E-state index is 13.3. The molecule has 0 saturated carbocycles. The number of allylic oxidation sites excluding steroid dienone is 1. The van der Waals surface area contributed by atoms with Crippen molar-refractivity contribution in [1.29, 1.82) is 0 Å². The summed E-state index contributed by atoms with van der Waals surface area (Å²) in [5.41, 5.74) is 2.61. The number of carbonyl (C=O) groups is 3. The summed E-state index contributed by atoms with van der Waals surface area (Å²) in [5.74, 6) is -1.05. The number of hydrazone groups is 1. The minimum absolute atomic E-state index is 0.00128. The molecule has 3 aromatic carbocycles. The van der Waals surface area contributed by atoms with E-state index < -0.39 is 5.78 Å². The molecule has 0 spiro atoms. The highest BCUT2D eigenvalue weighted by Gasteiger charge is 2.34. The number of anilines is 1. The Hall–Kier alpha value is -3.77. The summed E-state index contributed by atoms with van der Waals surface area (Å²) < 4.78 is 0. The van der Waals surface area contributed by atoms with Gasteiger partial charge in [0, 0.05) is 11.1 Å². The normalized spacial score (nSPS) is 14.7. The summed E-state index contributed by atoms with van der Waals surface area (Å²) in [6.45, 7) is 3.32. The molecule has 5 nitrogen and oxygen atoms in total. The van der Waals surface area contributed by atoms with Crippen LogP contribution in [0.1, 0.15) is 33.2 Å². The summed E-state index contributed by atoms with van der Waals surface area (Å²) >= 11 is 1.04. The maximum atomic E-state index is 13.3. The number of Topliss-reactive ketones (excluding diaryl/α,β-unsaturated/α-hetero) is 3. The van der Waals surface area contributed by atoms with Gasteiger partial charge in [0.05, 0.1) is 11.3 Å². The zero-order valence-corrected chi connectivity index (χ0v) is 18.4. The van der Waals surface area contributed by atoms with Gasteiger partial charge in [-0.05, 0) is 37.7 Å². The molecule has 1 heterocycles. The number of thioether (sulfide) groups is 1. The number of carbonyl (C=O) groups excluding carboxylic acids is 3. The molecule has 3 aromatic rings. The number of aryl methyl sites for hydroxylation is 1. The van der Waals surface area contributed by atoms with Crippen LogP contribution in [0.3, 0.4) is 0 Å². The largest absolute Gasteiger partial charge is 0.294 e. The fraction of sp³-hybridized carbons (Fsp3) is 0.0769. The van der Waals surface area contributed by atoms with E-state index in [1.807, 2.05) is 37.3 Å². The molecular weight excluding hydrogens is 420 g/mol. The molecule has 0 unspecified atom stereocenters. The standard InChI is InChI=1S/C26H20N2O3S/c1-17-13-15-21(16-14-17)28-26(22(18(2)29)23(30)19-9-5-3-6-10-19)32-25(27-28)24(31)20-11-7-4-8-12-20/h3-16H,1-2H3/b26-22+. The Kier molecular flexibility index (Phi) is 6.14. The average molecular weight is 441 g/mol. The number of hydrogen-bond donors (Lipinski definition) is 0. The Morgan fingerprint density at radius 3 is 1.91 bits per heavy atom. The number of nitrogens with zero attached hydrogens (tertiary/aromatic N) is 2. The lowest BCUT2D eigenvalue weighted by Crippen LogP contribution is -2.19. The zero-order valence-electron chi connectivity index (χ0n) is 17.6. The second-order valence-corrected chi connectivity index (χ2v) is 8.26. The van der Waals surface area contributed by atoms with Crippen LogP contribution < -0.4 is 5.01 Å². The van der Waals surface area contributed by atoms with Gasteiger partial charge in [-0.1, -0.05) is 78.4 Å². The molecule has 0 aromatic heterocycles. The first-order chi connectivity index (χ1) is 15.5. The lowest BCUT2D eigenvalue weighted by Gasteiger charge is -2.18. The van der Waals surface area contributed by atoms with Gasteiger partial charge in [-0.3, -0.25) is 14.4 Å². The van der Waals surface area contributed by atoms with Gasteiger partial charge in [-0.15, -0.1) is 0 Å². The van der Waals surface area contributed by atoms with E-state index in [1.165, 1.54) is 11.9 Å². The topological polar surface area (TPSA) is 66.8 Å². The fourth-order valence-electron chi connectivity index (χ4n) is 3.26. The van der Waals surface area contributed by atoms with Crippen LogP contribution in [0.4, 0.5) is 5.69 Å². The SMILES string of the molecule is CC(=O)/C(C(=O)c1ccccc1)=C1\SC(C(=O)c2ccccc2)=NN1c1ccc(C)cc1. The van der Waals surface area contributed by atoms with Crippen LogP contribution in [0.25, 0.3) is 0 Å². The molecule has 158 valence electrons. The van der Waals surface area contributed by atoms with Crippen LogP contribution in [0.2, 0.25) is 0 Å². The molecule has 0 radical (unpaired) electrons. The van der Waals surface area contributed by atoms with Gasteiger partial charge in [-0.25, -0.2) is 5.01 Å². The Bertz CT molecular complexity index is 1250. The quantitative estimate of drug-likeness (QED) is 0.221. The molecule has 0 saturated heterocycles. The third-order valence-electron chi connectivity index (χ3n) is 4.91. The Morgan fingerprint density at radius 2 is 1.34 bits per heavy atom. The Balaban J connectivity index is 1.84. The third-order valence-corrected chi connectivity index (χ3v) is 5.95. The monoisotopic (exact) mass is 440 g/mol. The van der Waals surface area contributed by atoms with Crippen LogP contribution >= 0.6 is 11.8 Å². The molecule has 0 bridgehead atoms. The second kappa shape index (κ2) is 9.16. The van der Waals surface area contributed by atoms with Crippen LogP contribution in [0, 0.1) is 6.92 Å². The minimum Gasteiger partial charge on any atom is -0.294 e. The second-order valence-electron chi connectivity index (χ2n) is 7.28. The molecule has 4 rings (SSSR count). The van der Waals surface area contributed by atoms with E-state index in [0.717, 1.165) is 17.3 Å². The zero-order chi connectivity index (χ0) is 22.7. The third kappa shape index (κ3) is 4.31. The van der Waals surface area contributed by atoms with Crippen molar-refractivity contribution in [3.8, 4) is 0 Å². The summed E-state index contributed by atoms with van der Waals surface area (Å²) in [6, 6.07) is 25.0. The summed E-state index contributed by atoms with van der Waals surface area (Å²) in [5, 5.41) is 6.57. The number of hydrogen-bond acceptors (Lipinski definition) is 6. The summed E-state index contributed by atoms with van der Waals surface area (Å²) in [7, 11) is 0. The van der Waals surface area contributed by atoms with Crippen LogP contribution in [-0.4, -0.2) is 22.4 Å². The average Bonchev–Trinajstić information content (AvgIpc) is 3.24. The van der Waals surface area contributed by atoms with Gasteiger partial charge < -0.3 is 0 Å². The van der Waals surface area contributed by atoms with Crippen molar-refractivity contribution in [3.05, 3.63) is 112 Å². The predicted octanol–water partition coefficient (Wildman–Crippen LogP) is 5.43. The molecule has 0 aliphatic carbocycles. The van der Waals surface area contributed by atoms with Crippen LogP contribution in [0.15, 0.2) is 101 Å². The smallest absolute Gasteiger partial charge is 0.220 e. The van der Waals surface area contributed by atoms with E-state index in [-0.39, 0.29) is 22.2 Å². The highest BCUT2D eigenvalue weighted by molar-refractivity contribution is 8.19. The highest BCUT2D eigenvalue weighted by Crippen LogP contribution is 2.38. The lowest BCUT2D eigenvalue weighted by molar-refractivity contribution is -0.113. The summed E-state index contributed by atoms with van der Waals surface area (Å²) in [6.07, 6.45) is 0. The van der Waals surface area contributed by atoms with Gasteiger partial charge >= 0.3 is 0 Å². The van der Waals surface area contributed by atoms with Gasteiger partial charge in [0.15, 0.2) is 16.6 Å². The van der Waals surface area contributed by atoms with Gasteiger partial charge in [0.1, 0.15) is 5.03 Å². The number of ketones is 3. The van der Waals surface area contributed by atoms with Gasteiger partial charge in [0.2, 0.25) is 5.78 Å². The number of benzene rings is 3. The molecule has 6 heteroatoms. The van der Waals surface area contributed by atoms with Gasteiger partial charge in [0.25, 0.3) is 0 Å². The summed E-state index contributed by atoms with van der Waals surface area (Å²) in [4.78, 5) is 39.1. The van der Waals surface area contributed by atoms with Crippen molar-refractivity contribution in [2.45, 2.75) is 13.8 Å². The molecule has 0 fully saturated rings. The molecule has 1 aliphatic rings. The van der Waals surface area contributed by atoms with Crippen molar-refractivity contribution in [2.24, 2.45) is 5.10 Å². The minimum atomic E-state index is -0.402. The molecule has 0 amide bonds. The van der Waals surface area contributed by atoms with Crippen molar-refractivity contribution in [2.75, 3.05) is 5.01 Å². The highest BCUT2D eigenvalue weighted by atomic mass is 32.2. The van der Waals surface area contributed by atoms with E-state index in [4.69, 9.17) is 0 Å². The molecular formula is C26H20N2O3S. The lowest BCUT2D eigenvalue weighted by atomic mass is 10.0. The van der Waals surface area contributed by atoms with Crippen LogP contribution in [0.5, 0.6) is 0 Å². The van der Waals surface area contributed by atoms with E-state index in [9.17, 15) is 14.4 Å². The predicted molar refractivity (Wildman–Crippen MR) is 128 cm³/mol. The molecule has 0 N–H and O–H groups in total. The first kappa shape index (κ1) is 21.5. The molecule has 32 heavy (non-hydrogen) atoms. The Morgan fingerprint density at radius 1 is 0.781 bits per heavy atom. The first-order valence-electron chi connectivity index (χ1n) is 10.0. The Labute approximate surface area is 190 Å². The first-order valence-corrected chi connectivity index (χ1v) is 10.9.